The molecule has 0 aliphatic carbocycles. The Morgan fingerprint density at radius 2 is 1.96 bits per heavy atom. The fourth-order valence-electron chi connectivity index (χ4n) is 4.26. The van der Waals surface area contributed by atoms with Crippen LogP contribution in [0.15, 0.2) is 24.3 Å². The first-order valence-corrected chi connectivity index (χ1v) is 9.57. The van der Waals surface area contributed by atoms with E-state index >= 15 is 0 Å². The van der Waals surface area contributed by atoms with Crippen LogP contribution in [0, 0.1) is 0 Å². The first kappa shape index (κ1) is 17.6. The number of aliphatic hydroxyl groups excluding tert-OH is 1. The molecule has 26 heavy (non-hydrogen) atoms. The highest BCUT2D eigenvalue weighted by Crippen LogP contribution is 2.29. The molecule has 0 amide bonds. The van der Waals surface area contributed by atoms with Crippen molar-refractivity contribution in [3.63, 3.8) is 0 Å². The number of rotatable bonds is 4. The Kier molecular flexibility index (Phi) is 5.02. The predicted octanol–water partition coefficient (Wildman–Crippen LogP) is 1.69. The molecule has 1 aromatic carbocycles. The van der Waals surface area contributed by atoms with Gasteiger partial charge in [0.15, 0.2) is 0 Å². The lowest BCUT2D eigenvalue weighted by Gasteiger charge is -2.39. The van der Waals surface area contributed by atoms with E-state index in [4.69, 9.17) is 17.3 Å². The number of nitrogens with zero attached hydrogens (tertiary/aromatic N) is 4. The predicted molar refractivity (Wildman–Crippen MR) is 102 cm³/mol. The van der Waals surface area contributed by atoms with Gasteiger partial charge in [-0.15, -0.1) is 5.10 Å². The molecule has 4 N–H and O–H groups in total. The van der Waals surface area contributed by atoms with Crippen LogP contribution in [0.25, 0.3) is 0 Å². The van der Waals surface area contributed by atoms with Crippen molar-refractivity contribution in [3.8, 4) is 0 Å². The third-order valence-corrected chi connectivity index (χ3v) is 5.78. The van der Waals surface area contributed by atoms with E-state index in [0.29, 0.717) is 24.0 Å². The monoisotopic (exact) mass is 376 g/mol. The molecule has 1 unspecified atom stereocenters. The lowest BCUT2D eigenvalue weighted by atomic mass is 9.99. The molecule has 0 radical (unpaired) electrons. The zero-order valence-corrected chi connectivity index (χ0v) is 15.4. The molecule has 7 nitrogen and oxygen atoms in total. The van der Waals surface area contributed by atoms with Crippen molar-refractivity contribution in [1.29, 1.82) is 0 Å². The van der Waals surface area contributed by atoms with Gasteiger partial charge in [-0.2, -0.15) is 4.98 Å². The zero-order chi connectivity index (χ0) is 18.1. The fourth-order valence-corrected chi connectivity index (χ4v) is 4.39. The summed E-state index contributed by atoms with van der Waals surface area (Å²) in [7, 11) is 0. The SMILES string of the molecule is Nc1nc(N2CCC(N3C[C@H](O)CC3Cc3ccc(Cl)cc3)CC2)n[nH]1. The number of nitrogens with two attached hydrogens (primary N) is 1. The number of likely N-dealkylation sites (tertiary alicyclic amines) is 1. The summed E-state index contributed by atoms with van der Waals surface area (Å²) in [5.74, 6) is 1.04. The minimum absolute atomic E-state index is 0.238. The molecule has 2 atom stereocenters. The number of aromatic nitrogens is 3. The van der Waals surface area contributed by atoms with E-state index in [1.165, 1.54) is 5.56 Å². The van der Waals surface area contributed by atoms with Crippen molar-refractivity contribution in [2.24, 2.45) is 0 Å². The number of piperidine rings is 1. The molecule has 0 bridgehead atoms. The molecule has 0 spiro atoms. The summed E-state index contributed by atoms with van der Waals surface area (Å²) in [4.78, 5) is 8.89. The van der Waals surface area contributed by atoms with Crippen molar-refractivity contribution in [2.45, 2.75) is 43.9 Å². The third-order valence-electron chi connectivity index (χ3n) is 5.53. The smallest absolute Gasteiger partial charge is 0.246 e. The van der Waals surface area contributed by atoms with Gasteiger partial charge in [0.05, 0.1) is 6.10 Å². The summed E-state index contributed by atoms with van der Waals surface area (Å²) < 4.78 is 0. The molecule has 2 saturated heterocycles. The summed E-state index contributed by atoms with van der Waals surface area (Å²) >= 11 is 5.99. The minimum atomic E-state index is -0.238. The van der Waals surface area contributed by atoms with Gasteiger partial charge in [-0.25, -0.2) is 5.10 Å². The van der Waals surface area contributed by atoms with Crippen LogP contribution in [0.2, 0.25) is 5.02 Å². The maximum Gasteiger partial charge on any atom is 0.246 e. The van der Waals surface area contributed by atoms with E-state index in [1.807, 2.05) is 12.1 Å². The van der Waals surface area contributed by atoms with Gasteiger partial charge in [0.1, 0.15) is 0 Å². The number of aromatic amines is 1. The minimum Gasteiger partial charge on any atom is -0.392 e. The lowest BCUT2D eigenvalue weighted by molar-refractivity contribution is 0.130. The zero-order valence-electron chi connectivity index (χ0n) is 14.7. The summed E-state index contributed by atoms with van der Waals surface area (Å²) in [5, 5.41) is 17.9. The normalized spacial score (nSPS) is 25.1. The van der Waals surface area contributed by atoms with Crippen LogP contribution in [-0.4, -0.2) is 63.0 Å². The summed E-state index contributed by atoms with van der Waals surface area (Å²) in [6.45, 7) is 2.57. The second-order valence-corrected chi connectivity index (χ2v) is 7.75. The van der Waals surface area contributed by atoms with E-state index < -0.39 is 0 Å². The maximum atomic E-state index is 10.2. The van der Waals surface area contributed by atoms with E-state index in [-0.39, 0.29) is 6.10 Å². The van der Waals surface area contributed by atoms with Crippen LogP contribution in [0.5, 0.6) is 0 Å². The molecule has 4 rings (SSSR count). The van der Waals surface area contributed by atoms with Gasteiger partial charge in [0, 0.05) is 36.7 Å². The Morgan fingerprint density at radius 3 is 2.62 bits per heavy atom. The maximum absolute atomic E-state index is 10.2. The van der Waals surface area contributed by atoms with E-state index in [1.54, 1.807) is 0 Å². The molecule has 1 aromatic heterocycles. The Labute approximate surface area is 158 Å². The number of benzene rings is 1. The van der Waals surface area contributed by atoms with Crippen LogP contribution in [0.4, 0.5) is 11.9 Å². The van der Waals surface area contributed by atoms with E-state index in [9.17, 15) is 5.11 Å². The molecular weight excluding hydrogens is 352 g/mol. The molecule has 2 aliphatic heterocycles. The summed E-state index contributed by atoms with van der Waals surface area (Å²) in [6, 6.07) is 8.91. The quantitative estimate of drug-likeness (QED) is 0.751. The van der Waals surface area contributed by atoms with Gasteiger partial charge in [0.2, 0.25) is 11.9 Å². The van der Waals surface area contributed by atoms with Gasteiger partial charge >= 0.3 is 0 Å². The highest BCUT2D eigenvalue weighted by molar-refractivity contribution is 6.30. The average molecular weight is 377 g/mol. The van der Waals surface area contributed by atoms with Crippen molar-refractivity contribution < 1.29 is 5.11 Å². The summed E-state index contributed by atoms with van der Waals surface area (Å²) in [6.07, 6.45) is 3.63. The molecule has 2 aromatic rings. The number of nitrogen functional groups attached to an aromatic ring is 1. The van der Waals surface area contributed by atoms with Gasteiger partial charge in [-0.05, 0) is 43.4 Å². The lowest BCUT2D eigenvalue weighted by Crippen LogP contribution is -2.47. The second kappa shape index (κ2) is 7.42. The molecular formula is C18H25ClN6O. The van der Waals surface area contributed by atoms with Crippen molar-refractivity contribution in [2.75, 3.05) is 30.3 Å². The number of aliphatic hydroxyl groups is 1. The number of hydrogen-bond donors (Lipinski definition) is 3. The number of H-pyrrole nitrogens is 1. The molecule has 140 valence electrons. The standard InChI is InChI=1S/C18H25ClN6O/c19-13-3-1-12(2-4-13)9-15-10-16(26)11-25(15)14-5-7-24(8-6-14)18-21-17(20)22-23-18/h1-4,14-16,26H,5-11H2,(H3,20,21,22,23)/t15?,16-/m1/s1. The van der Waals surface area contributed by atoms with Crippen molar-refractivity contribution in [3.05, 3.63) is 34.9 Å². The van der Waals surface area contributed by atoms with Crippen molar-refractivity contribution >= 4 is 23.5 Å². The number of halogens is 1. The molecule has 2 fully saturated rings. The third kappa shape index (κ3) is 3.79. The summed E-state index contributed by atoms with van der Waals surface area (Å²) in [5.41, 5.74) is 6.90. The largest absolute Gasteiger partial charge is 0.392 e. The number of β-amino-alcohol motifs (C(OH)–C–C–N with tert-alkyl or cyclic N) is 1. The Morgan fingerprint density at radius 1 is 1.23 bits per heavy atom. The van der Waals surface area contributed by atoms with Gasteiger partial charge in [0.25, 0.3) is 0 Å². The number of nitrogens with one attached hydrogen (secondary N) is 1. The molecule has 8 heteroatoms. The number of anilines is 2. The topological polar surface area (TPSA) is 94.3 Å². The first-order chi connectivity index (χ1) is 12.6. The Balaban J connectivity index is 1.38. The average Bonchev–Trinajstić information content (AvgIpc) is 3.23. The second-order valence-electron chi connectivity index (χ2n) is 7.31. The Hall–Kier alpha value is -1.83. The van der Waals surface area contributed by atoms with E-state index in [0.717, 1.165) is 50.3 Å². The highest BCUT2D eigenvalue weighted by Gasteiger charge is 2.37. The van der Waals surface area contributed by atoms with E-state index in [2.05, 4.69) is 37.1 Å². The van der Waals surface area contributed by atoms with Crippen LogP contribution in [0.3, 0.4) is 0 Å². The highest BCUT2D eigenvalue weighted by atomic mass is 35.5. The van der Waals surface area contributed by atoms with Gasteiger partial charge in [-0.1, -0.05) is 23.7 Å². The molecule has 2 aliphatic rings. The molecule has 0 saturated carbocycles. The van der Waals surface area contributed by atoms with Crippen molar-refractivity contribution in [1.82, 2.24) is 20.1 Å². The fraction of sp³-hybridized carbons (Fsp3) is 0.556. The van der Waals surface area contributed by atoms with Gasteiger partial charge < -0.3 is 15.7 Å². The number of hydrogen-bond acceptors (Lipinski definition) is 6. The van der Waals surface area contributed by atoms with Crippen LogP contribution in [-0.2, 0) is 6.42 Å². The molecule has 3 heterocycles. The van der Waals surface area contributed by atoms with Gasteiger partial charge in [-0.3, -0.25) is 4.90 Å². The van der Waals surface area contributed by atoms with Crippen LogP contribution < -0.4 is 10.6 Å². The van der Waals surface area contributed by atoms with Crippen LogP contribution in [0.1, 0.15) is 24.8 Å². The van der Waals surface area contributed by atoms with Crippen LogP contribution >= 0.6 is 11.6 Å². The first-order valence-electron chi connectivity index (χ1n) is 9.19. The Bertz CT molecular complexity index is 728.